The van der Waals surface area contributed by atoms with Crippen LogP contribution in [0.3, 0.4) is 0 Å². The van der Waals surface area contributed by atoms with Crippen molar-refractivity contribution in [3.8, 4) is 0 Å². The molecule has 18 heavy (non-hydrogen) atoms. The summed E-state index contributed by atoms with van der Waals surface area (Å²) in [5, 5.41) is 13.6. The van der Waals surface area contributed by atoms with Crippen molar-refractivity contribution < 1.29 is 14.1 Å². The van der Waals surface area contributed by atoms with E-state index in [-0.39, 0.29) is 17.4 Å². The second kappa shape index (κ2) is 5.30. The van der Waals surface area contributed by atoms with Gasteiger partial charge in [0.15, 0.2) is 5.82 Å². The molecule has 1 atom stereocenters. The van der Waals surface area contributed by atoms with Crippen LogP contribution in [0.1, 0.15) is 12.8 Å². The third-order valence-electron chi connectivity index (χ3n) is 3.04. The minimum Gasteiger partial charge on any atom is -0.383 e. The summed E-state index contributed by atoms with van der Waals surface area (Å²) >= 11 is 0. The second-order valence-corrected chi connectivity index (χ2v) is 4.46. The highest BCUT2D eigenvalue weighted by Crippen LogP contribution is 2.35. The molecule has 0 aliphatic heterocycles. The molecule has 1 fully saturated rings. The zero-order valence-electron chi connectivity index (χ0n) is 10.1. The molecule has 1 unspecified atom stereocenters. The zero-order chi connectivity index (χ0) is 13.1. The molecule has 2 rings (SSSR count). The molecule has 1 N–H and O–H groups in total. The Morgan fingerprint density at radius 3 is 2.83 bits per heavy atom. The number of rotatable bonds is 6. The summed E-state index contributed by atoms with van der Waals surface area (Å²) in [7, 11) is 1.60. The van der Waals surface area contributed by atoms with Crippen molar-refractivity contribution >= 4 is 11.4 Å². The fourth-order valence-corrected chi connectivity index (χ4v) is 1.91. The number of nitro groups is 1. The molecule has 0 aromatic heterocycles. The van der Waals surface area contributed by atoms with Gasteiger partial charge in [0.2, 0.25) is 0 Å². The summed E-state index contributed by atoms with van der Waals surface area (Å²) < 4.78 is 18.8. The average molecular weight is 254 g/mol. The van der Waals surface area contributed by atoms with Crippen LogP contribution in [0.15, 0.2) is 18.2 Å². The van der Waals surface area contributed by atoms with Gasteiger partial charge in [-0.1, -0.05) is 0 Å². The van der Waals surface area contributed by atoms with Crippen molar-refractivity contribution in [3.05, 3.63) is 34.1 Å². The lowest BCUT2D eigenvalue weighted by atomic mass is 10.1. The van der Waals surface area contributed by atoms with E-state index in [0.29, 0.717) is 12.5 Å². The van der Waals surface area contributed by atoms with Crippen LogP contribution in [-0.2, 0) is 4.74 Å². The van der Waals surface area contributed by atoms with Crippen LogP contribution in [0.4, 0.5) is 15.8 Å². The summed E-state index contributed by atoms with van der Waals surface area (Å²) in [6.07, 6.45) is 2.21. The molecule has 1 aliphatic carbocycles. The van der Waals surface area contributed by atoms with Gasteiger partial charge in [0.25, 0.3) is 5.69 Å². The maximum absolute atomic E-state index is 13.7. The number of hydrogen-bond acceptors (Lipinski definition) is 4. The lowest BCUT2D eigenvalue weighted by molar-refractivity contribution is -0.385. The first-order chi connectivity index (χ1) is 8.61. The van der Waals surface area contributed by atoms with Crippen LogP contribution < -0.4 is 5.32 Å². The number of ether oxygens (including phenoxy) is 1. The lowest BCUT2D eigenvalue weighted by Gasteiger charge is -2.18. The van der Waals surface area contributed by atoms with Gasteiger partial charge in [0.1, 0.15) is 0 Å². The van der Waals surface area contributed by atoms with Gasteiger partial charge in [-0.05, 0) is 24.8 Å². The topological polar surface area (TPSA) is 64.4 Å². The van der Waals surface area contributed by atoms with E-state index < -0.39 is 10.7 Å². The summed E-state index contributed by atoms with van der Waals surface area (Å²) in [4.78, 5) is 9.90. The van der Waals surface area contributed by atoms with Gasteiger partial charge < -0.3 is 10.1 Å². The van der Waals surface area contributed by atoms with Crippen LogP contribution in [0.2, 0.25) is 0 Å². The molecule has 1 aromatic carbocycles. The fourth-order valence-electron chi connectivity index (χ4n) is 1.91. The maximum atomic E-state index is 13.7. The van der Waals surface area contributed by atoms with Crippen molar-refractivity contribution in [2.75, 3.05) is 19.0 Å². The molecule has 98 valence electrons. The van der Waals surface area contributed by atoms with E-state index in [9.17, 15) is 14.5 Å². The molecular formula is C12H15FN2O3. The molecule has 1 aromatic rings. The monoisotopic (exact) mass is 254 g/mol. The van der Waals surface area contributed by atoms with Crippen LogP contribution in [-0.4, -0.2) is 24.7 Å². The fraction of sp³-hybridized carbons (Fsp3) is 0.500. The summed E-state index contributed by atoms with van der Waals surface area (Å²) in [5.74, 6) is -0.106. The van der Waals surface area contributed by atoms with Gasteiger partial charge in [-0.2, -0.15) is 0 Å². The summed E-state index contributed by atoms with van der Waals surface area (Å²) in [6.45, 7) is 0.501. The molecule has 0 bridgehead atoms. The Morgan fingerprint density at radius 1 is 1.61 bits per heavy atom. The number of nitrogens with zero attached hydrogens (tertiary/aromatic N) is 1. The van der Waals surface area contributed by atoms with Crippen molar-refractivity contribution in [1.82, 2.24) is 0 Å². The highest BCUT2D eigenvalue weighted by molar-refractivity contribution is 5.51. The number of halogens is 1. The highest BCUT2D eigenvalue weighted by atomic mass is 19.1. The first-order valence-corrected chi connectivity index (χ1v) is 5.81. The Morgan fingerprint density at radius 2 is 2.33 bits per heavy atom. The molecule has 5 nitrogen and oxygen atoms in total. The number of nitro benzene ring substituents is 1. The van der Waals surface area contributed by atoms with Gasteiger partial charge in [-0.15, -0.1) is 0 Å². The number of methoxy groups -OCH3 is 1. The number of hydrogen-bond donors (Lipinski definition) is 1. The Bertz CT molecular complexity index is 449. The molecule has 0 heterocycles. The minimum atomic E-state index is -0.611. The number of non-ortho nitro benzene ring substituents is 1. The number of nitrogens with one attached hydrogen (secondary N) is 1. The van der Waals surface area contributed by atoms with E-state index in [0.717, 1.165) is 18.9 Å². The zero-order valence-corrected chi connectivity index (χ0v) is 10.1. The SMILES string of the molecule is COCC(Nc1ccc([N+](=O)[O-])cc1F)C1CC1. The third-order valence-corrected chi connectivity index (χ3v) is 3.04. The van der Waals surface area contributed by atoms with Crippen molar-refractivity contribution in [2.24, 2.45) is 5.92 Å². The van der Waals surface area contributed by atoms with Crippen molar-refractivity contribution in [2.45, 2.75) is 18.9 Å². The van der Waals surface area contributed by atoms with Crippen LogP contribution in [0, 0.1) is 21.8 Å². The summed E-state index contributed by atoms with van der Waals surface area (Å²) in [6, 6.07) is 3.69. The van der Waals surface area contributed by atoms with Crippen LogP contribution in [0.25, 0.3) is 0 Å². The highest BCUT2D eigenvalue weighted by Gasteiger charge is 2.31. The standard InChI is InChI=1S/C12H15FN2O3/c1-18-7-12(8-2-3-8)14-11-5-4-9(15(16)17)6-10(11)13/h4-6,8,12,14H,2-3,7H2,1H3. The normalized spacial score (nSPS) is 16.3. The minimum absolute atomic E-state index is 0.0611. The van der Waals surface area contributed by atoms with Crippen LogP contribution >= 0.6 is 0 Å². The van der Waals surface area contributed by atoms with E-state index in [2.05, 4.69) is 5.32 Å². The predicted molar refractivity (Wildman–Crippen MR) is 65.1 cm³/mol. The van der Waals surface area contributed by atoms with E-state index >= 15 is 0 Å². The number of anilines is 1. The van der Waals surface area contributed by atoms with E-state index in [4.69, 9.17) is 4.74 Å². The summed E-state index contributed by atoms with van der Waals surface area (Å²) in [5.41, 5.74) is 0.0438. The molecular weight excluding hydrogens is 239 g/mol. The second-order valence-electron chi connectivity index (χ2n) is 4.46. The molecule has 0 radical (unpaired) electrons. The molecule has 0 spiro atoms. The van der Waals surface area contributed by atoms with E-state index in [1.54, 1.807) is 7.11 Å². The molecule has 6 heteroatoms. The van der Waals surface area contributed by atoms with Gasteiger partial charge in [-0.3, -0.25) is 10.1 Å². The quantitative estimate of drug-likeness (QED) is 0.626. The maximum Gasteiger partial charge on any atom is 0.272 e. The Kier molecular flexibility index (Phi) is 3.76. The van der Waals surface area contributed by atoms with Gasteiger partial charge in [0, 0.05) is 13.2 Å². The first-order valence-electron chi connectivity index (χ1n) is 5.81. The van der Waals surface area contributed by atoms with Gasteiger partial charge >= 0.3 is 0 Å². The first kappa shape index (κ1) is 12.8. The smallest absolute Gasteiger partial charge is 0.272 e. The predicted octanol–water partition coefficient (Wildman–Crippen LogP) is 2.57. The number of benzene rings is 1. The Labute approximate surface area is 104 Å². The lowest BCUT2D eigenvalue weighted by Crippen LogP contribution is -2.27. The molecule has 0 amide bonds. The van der Waals surface area contributed by atoms with Crippen LogP contribution in [0.5, 0.6) is 0 Å². The molecule has 0 saturated heterocycles. The largest absolute Gasteiger partial charge is 0.383 e. The third kappa shape index (κ3) is 2.95. The Balaban J connectivity index is 2.10. The van der Waals surface area contributed by atoms with E-state index in [1.165, 1.54) is 12.1 Å². The van der Waals surface area contributed by atoms with E-state index in [1.807, 2.05) is 0 Å². The average Bonchev–Trinajstić information content (AvgIpc) is 3.14. The molecule has 1 aliphatic rings. The van der Waals surface area contributed by atoms with Gasteiger partial charge in [0.05, 0.1) is 29.3 Å². The van der Waals surface area contributed by atoms with Crippen molar-refractivity contribution in [3.63, 3.8) is 0 Å². The van der Waals surface area contributed by atoms with Crippen molar-refractivity contribution in [1.29, 1.82) is 0 Å². The van der Waals surface area contributed by atoms with Gasteiger partial charge in [-0.25, -0.2) is 4.39 Å². The molecule has 1 saturated carbocycles. The Hall–Kier alpha value is -1.69.